The van der Waals surface area contributed by atoms with Gasteiger partial charge in [0.05, 0.1) is 0 Å². The van der Waals surface area contributed by atoms with Crippen LogP contribution in [-0.4, -0.2) is 16.8 Å². The van der Waals surface area contributed by atoms with Gasteiger partial charge in [0.2, 0.25) is 11.6 Å². The van der Waals surface area contributed by atoms with Gasteiger partial charge in [-0.2, -0.15) is 0 Å². The van der Waals surface area contributed by atoms with Crippen molar-refractivity contribution in [1.29, 1.82) is 0 Å². The molecule has 0 saturated heterocycles. The Morgan fingerprint density at radius 3 is 2.63 bits per heavy atom. The summed E-state index contributed by atoms with van der Waals surface area (Å²) in [6, 6.07) is 0. The zero-order valence-electron chi connectivity index (χ0n) is 11.3. The van der Waals surface area contributed by atoms with Gasteiger partial charge >= 0.3 is 0 Å². The van der Waals surface area contributed by atoms with E-state index in [-0.39, 0.29) is 5.78 Å². The highest BCUT2D eigenvalue weighted by Crippen LogP contribution is 2.47. The van der Waals surface area contributed by atoms with Crippen LogP contribution in [0.2, 0.25) is 0 Å². The number of thioether (sulfide) groups is 2. The van der Waals surface area contributed by atoms with Gasteiger partial charge in [-0.1, -0.05) is 44.3 Å². The Morgan fingerprint density at radius 2 is 2.05 bits per heavy atom. The molecule has 0 aromatic carbocycles. The van der Waals surface area contributed by atoms with Gasteiger partial charge in [-0.15, -0.1) is 11.8 Å². The molecule has 0 N–H and O–H groups in total. The number of Topliss-reactive ketones (excluding diaryl/α,β-unsaturated/α-hetero) is 2. The number of carbonyl (C=O) groups is 2. The Labute approximate surface area is 122 Å². The molecule has 4 heteroatoms. The van der Waals surface area contributed by atoms with Gasteiger partial charge in [0.25, 0.3) is 0 Å². The molecule has 2 aliphatic rings. The lowest BCUT2D eigenvalue weighted by Gasteiger charge is -2.26. The predicted octanol–water partition coefficient (Wildman–Crippen LogP) is 4.01. The fraction of sp³-hybridized carbons (Fsp3) is 0.333. The Balaban J connectivity index is 2.57. The fourth-order valence-corrected chi connectivity index (χ4v) is 4.27. The molecule has 0 unspecified atom stereocenters. The summed E-state index contributed by atoms with van der Waals surface area (Å²) in [4.78, 5) is 27.3. The molecule has 0 spiro atoms. The van der Waals surface area contributed by atoms with Gasteiger partial charge in [0, 0.05) is 26.2 Å². The first-order valence-corrected chi connectivity index (χ1v) is 7.85. The average molecular weight is 292 g/mol. The SMILES string of the molecule is C=CC1=C(SC(C)C)C2=C(CC=C(C)S2)C(=O)C1=O. The fourth-order valence-electron chi connectivity index (χ4n) is 2.00. The lowest BCUT2D eigenvalue weighted by Crippen LogP contribution is -2.25. The maximum atomic E-state index is 12.1. The van der Waals surface area contributed by atoms with E-state index in [2.05, 4.69) is 20.4 Å². The van der Waals surface area contributed by atoms with E-state index in [4.69, 9.17) is 0 Å². The van der Waals surface area contributed by atoms with Crippen LogP contribution in [0.3, 0.4) is 0 Å². The first-order valence-electron chi connectivity index (χ1n) is 6.16. The van der Waals surface area contributed by atoms with Gasteiger partial charge in [-0.25, -0.2) is 0 Å². The third-order valence-electron chi connectivity index (χ3n) is 2.86. The van der Waals surface area contributed by atoms with Crippen LogP contribution < -0.4 is 0 Å². The number of allylic oxidation sites excluding steroid dienone is 5. The molecule has 2 rings (SSSR count). The molecule has 0 saturated carbocycles. The van der Waals surface area contributed by atoms with E-state index in [1.165, 1.54) is 11.0 Å². The quantitative estimate of drug-likeness (QED) is 0.581. The molecule has 0 aromatic rings. The number of hydrogen-bond acceptors (Lipinski definition) is 4. The zero-order chi connectivity index (χ0) is 14.2. The average Bonchev–Trinajstić information content (AvgIpc) is 2.35. The van der Waals surface area contributed by atoms with E-state index < -0.39 is 5.78 Å². The molecule has 2 nitrogen and oxygen atoms in total. The van der Waals surface area contributed by atoms with E-state index >= 15 is 0 Å². The monoisotopic (exact) mass is 292 g/mol. The van der Waals surface area contributed by atoms with E-state index in [0.29, 0.717) is 22.8 Å². The lowest BCUT2D eigenvalue weighted by atomic mass is 9.93. The predicted molar refractivity (Wildman–Crippen MR) is 83.0 cm³/mol. The van der Waals surface area contributed by atoms with Crippen LogP contribution in [0.15, 0.2) is 44.6 Å². The molecule has 0 bridgehead atoms. The van der Waals surface area contributed by atoms with E-state index in [9.17, 15) is 9.59 Å². The van der Waals surface area contributed by atoms with E-state index in [1.54, 1.807) is 23.5 Å². The van der Waals surface area contributed by atoms with Crippen molar-refractivity contribution in [2.24, 2.45) is 0 Å². The molecule has 100 valence electrons. The summed E-state index contributed by atoms with van der Waals surface area (Å²) in [6.07, 6.45) is 4.08. The molecule has 1 heterocycles. The highest BCUT2D eigenvalue weighted by molar-refractivity contribution is 8.10. The van der Waals surface area contributed by atoms with Gasteiger partial charge in [0.1, 0.15) is 0 Å². The standard InChI is InChI=1S/C15H16O2S2/c1-5-10-12(16)13(17)11-7-6-9(4)19-15(11)14(10)18-8(2)3/h5-6,8H,1,7H2,2-4H3. The highest BCUT2D eigenvalue weighted by atomic mass is 32.2. The van der Waals surface area contributed by atoms with Crippen LogP contribution in [0.25, 0.3) is 0 Å². The first kappa shape index (κ1) is 14.4. The minimum absolute atomic E-state index is 0.353. The summed E-state index contributed by atoms with van der Waals surface area (Å²) in [6.45, 7) is 9.88. The molecular formula is C15H16O2S2. The van der Waals surface area contributed by atoms with E-state index in [1.807, 2.05) is 13.0 Å². The topological polar surface area (TPSA) is 34.1 Å². The minimum atomic E-state index is -0.412. The molecule has 19 heavy (non-hydrogen) atoms. The Bertz CT molecular complexity index is 563. The molecular weight excluding hydrogens is 276 g/mol. The third-order valence-corrected chi connectivity index (χ3v) is 5.27. The van der Waals surface area contributed by atoms with Crippen LogP contribution in [-0.2, 0) is 9.59 Å². The molecule has 0 radical (unpaired) electrons. The summed E-state index contributed by atoms with van der Waals surface area (Å²) in [5.74, 6) is -0.778. The van der Waals surface area contributed by atoms with Crippen molar-refractivity contribution in [2.45, 2.75) is 32.4 Å². The first-order chi connectivity index (χ1) is 8.95. The van der Waals surface area contributed by atoms with Crippen LogP contribution in [0.4, 0.5) is 0 Å². The number of carbonyl (C=O) groups excluding carboxylic acids is 2. The van der Waals surface area contributed by atoms with Gasteiger partial charge in [0.15, 0.2) is 0 Å². The smallest absolute Gasteiger partial charge is 0.234 e. The summed E-state index contributed by atoms with van der Waals surface area (Å²) >= 11 is 3.22. The van der Waals surface area contributed by atoms with Crippen molar-refractivity contribution in [3.8, 4) is 0 Å². The van der Waals surface area contributed by atoms with Crippen molar-refractivity contribution in [1.82, 2.24) is 0 Å². The van der Waals surface area contributed by atoms with Crippen LogP contribution in [0, 0.1) is 0 Å². The van der Waals surface area contributed by atoms with Crippen LogP contribution in [0.5, 0.6) is 0 Å². The maximum absolute atomic E-state index is 12.1. The molecule has 0 fully saturated rings. The lowest BCUT2D eigenvalue weighted by molar-refractivity contribution is -0.132. The van der Waals surface area contributed by atoms with Crippen LogP contribution >= 0.6 is 23.5 Å². The molecule has 1 aliphatic heterocycles. The highest BCUT2D eigenvalue weighted by Gasteiger charge is 2.35. The number of rotatable bonds is 3. The Hall–Kier alpha value is -1.00. The summed E-state index contributed by atoms with van der Waals surface area (Å²) in [7, 11) is 0. The maximum Gasteiger partial charge on any atom is 0.234 e. The second-order valence-corrected chi connectivity index (χ2v) is 7.54. The Kier molecular flexibility index (Phi) is 4.21. The largest absolute Gasteiger partial charge is 0.285 e. The molecule has 0 amide bonds. The second-order valence-electron chi connectivity index (χ2n) is 4.70. The van der Waals surface area contributed by atoms with Crippen molar-refractivity contribution in [3.63, 3.8) is 0 Å². The molecule has 0 aromatic heterocycles. The summed E-state index contributed by atoms with van der Waals surface area (Å²) < 4.78 is 0. The van der Waals surface area contributed by atoms with E-state index in [0.717, 1.165) is 9.81 Å². The van der Waals surface area contributed by atoms with Gasteiger partial charge in [-0.05, 0) is 18.2 Å². The molecule has 1 aliphatic carbocycles. The molecule has 0 atom stereocenters. The van der Waals surface area contributed by atoms with Crippen molar-refractivity contribution < 1.29 is 9.59 Å². The van der Waals surface area contributed by atoms with Crippen molar-refractivity contribution >= 4 is 35.1 Å². The van der Waals surface area contributed by atoms with Gasteiger partial charge in [-0.3, -0.25) is 9.59 Å². The summed E-state index contributed by atoms with van der Waals surface area (Å²) in [5.41, 5.74) is 1.11. The van der Waals surface area contributed by atoms with Crippen molar-refractivity contribution in [2.75, 3.05) is 0 Å². The number of ketones is 2. The normalized spacial score (nSPS) is 19.9. The summed E-state index contributed by atoms with van der Waals surface area (Å²) in [5, 5.41) is 0.353. The third kappa shape index (κ3) is 2.65. The Morgan fingerprint density at radius 1 is 1.37 bits per heavy atom. The van der Waals surface area contributed by atoms with Gasteiger partial charge < -0.3 is 0 Å². The minimum Gasteiger partial charge on any atom is -0.285 e. The van der Waals surface area contributed by atoms with Crippen LogP contribution in [0.1, 0.15) is 27.2 Å². The zero-order valence-corrected chi connectivity index (χ0v) is 12.9. The second kappa shape index (κ2) is 5.55. The number of hydrogen-bond donors (Lipinski definition) is 0. The van der Waals surface area contributed by atoms with Crippen molar-refractivity contribution in [3.05, 3.63) is 44.6 Å².